The zero-order chi connectivity index (χ0) is 19.8. The topological polar surface area (TPSA) is 99.2 Å². The van der Waals surface area contributed by atoms with Gasteiger partial charge in [0.05, 0.1) is 12.2 Å². The van der Waals surface area contributed by atoms with Gasteiger partial charge in [-0.2, -0.15) is 4.98 Å². The third-order valence-electron chi connectivity index (χ3n) is 5.37. The van der Waals surface area contributed by atoms with Gasteiger partial charge in [-0.25, -0.2) is 4.68 Å². The molecule has 9 nitrogen and oxygen atoms in total. The molecule has 1 aliphatic carbocycles. The second kappa shape index (κ2) is 7.31. The first-order valence-electron chi connectivity index (χ1n) is 9.93. The van der Waals surface area contributed by atoms with Crippen molar-refractivity contribution in [1.82, 2.24) is 30.0 Å². The smallest absolute Gasteiger partial charge is 0.280 e. The van der Waals surface area contributed by atoms with Crippen LogP contribution in [-0.4, -0.2) is 55.1 Å². The normalized spacial score (nSPS) is 20.0. The number of hydrogen-bond donors (Lipinski definition) is 0. The van der Waals surface area contributed by atoms with E-state index < -0.39 is 6.10 Å². The van der Waals surface area contributed by atoms with Crippen LogP contribution in [0.15, 0.2) is 41.1 Å². The fraction of sp³-hybridized carbons (Fsp3) is 0.450. The minimum atomic E-state index is -0.540. The van der Waals surface area contributed by atoms with Crippen LogP contribution in [0.4, 0.5) is 0 Å². The minimum Gasteiger partial charge on any atom is -0.481 e. The fourth-order valence-electron chi connectivity index (χ4n) is 3.57. The highest BCUT2D eigenvalue weighted by atomic mass is 16.5. The summed E-state index contributed by atoms with van der Waals surface area (Å²) in [7, 11) is 0. The minimum absolute atomic E-state index is 0.0253. The zero-order valence-electron chi connectivity index (χ0n) is 16.1. The van der Waals surface area contributed by atoms with Crippen LogP contribution in [0.5, 0.6) is 5.75 Å². The molecule has 1 aromatic carbocycles. The van der Waals surface area contributed by atoms with Crippen molar-refractivity contribution >= 4 is 5.91 Å². The molecule has 3 heterocycles. The van der Waals surface area contributed by atoms with Crippen molar-refractivity contribution in [3.8, 4) is 17.3 Å². The van der Waals surface area contributed by atoms with Gasteiger partial charge in [0, 0.05) is 19.0 Å². The first-order chi connectivity index (χ1) is 14.2. The third-order valence-corrected chi connectivity index (χ3v) is 5.37. The Morgan fingerprint density at radius 3 is 2.86 bits per heavy atom. The molecule has 3 aromatic rings. The summed E-state index contributed by atoms with van der Waals surface area (Å²) in [6.07, 6.45) is 4.31. The van der Waals surface area contributed by atoms with Gasteiger partial charge in [-0.05, 0) is 38.3 Å². The van der Waals surface area contributed by atoms with Crippen molar-refractivity contribution in [1.29, 1.82) is 0 Å². The Labute approximate surface area is 167 Å². The summed E-state index contributed by atoms with van der Waals surface area (Å²) in [4.78, 5) is 19.0. The summed E-state index contributed by atoms with van der Waals surface area (Å²) < 4.78 is 12.9. The molecule has 1 saturated carbocycles. The van der Waals surface area contributed by atoms with E-state index in [1.54, 1.807) is 11.6 Å². The number of aromatic nitrogens is 5. The van der Waals surface area contributed by atoms with Gasteiger partial charge in [0.2, 0.25) is 0 Å². The highest BCUT2D eigenvalue weighted by molar-refractivity contribution is 5.81. The lowest BCUT2D eigenvalue weighted by Gasteiger charge is -2.21. The fourth-order valence-corrected chi connectivity index (χ4v) is 3.57. The summed E-state index contributed by atoms with van der Waals surface area (Å²) in [5, 5.41) is 12.4. The number of carbonyl (C=O) groups excluding carboxylic acids is 1. The summed E-state index contributed by atoms with van der Waals surface area (Å²) in [6.45, 7) is 3.01. The van der Waals surface area contributed by atoms with E-state index in [0.29, 0.717) is 36.3 Å². The van der Waals surface area contributed by atoms with Gasteiger partial charge in [-0.15, -0.1) is 5.10 Å². The molecule has 2 atom stereocenters. The van der Waals surface area contributed by atoms with E-state index in [1.807, 2.05) is 41.4 Å². The number of benzene rings is 1. The Balaban J connectivity index is 1.21. The van der Waals surface area contributed by atoms with E-state index in [4.69, 9.17) is 9.26 Å². The molecule has 0 bridgehead atoms. The van der Waals surface area contributed by atoms with Gasteiger partial charge < -0.3 is 14.2 Å². The number of nitrogens with zero attached hydrogens (tertiary/aromatic N) is 6. The van der Waals surface area contributed by atoms with Gasteiger partial charge in [-0.3, -0.25) is 4.79 Å². The molecule has 1 amide bonds. The molecule has 2 aliphatic rings. The number of para-hydroxylation sites is 1. The second-order valence-corrected chi connectivity index (χ2v) is 7.62. The average Bonchev–Trinajstić information content (AvgIpc) is 3.17. The van der Waals surface area contributed by atoms with Crippen LogP contribution in [0.2, 0.25) is 0 Å². The Morgan fingerprint density at radius 2 is 2.07 bits per heavy atom. The Kier molecular flexibility index (Phi) is 4.49. The number of likely N-dealkylation sites (tertiary alicyclic amines) is 1. The predicted octanol–water partition coefficient (Wildman–Crippen LogP) is 2.45. The number of rotatable bonds is 6. The molecule has 0 N–H and O–H groups in total. The van der Waals surface area contributed by atoms with Crippen LogP contribution >= 0.6 is 0 Å². The molecule has 1 aliphatic heterocycles. The largest absolute Gasteiger partial charge is 0.481 e. The first-order valence-corrected chi connectivity index (χ1v) is 9.93. The SMILES string of the molecule is CC(Oc1ccccc1)C(=O)N1CCC(n2cc(-c3nc(C4CC4)no3)nn2)C1. The maximum absolute atomic E-state index is 12.7. The van der Waals surface area contributed by atoms with Crippen LogP contribution in [0, 0.1) is 0 Å². The van der Waals surface area contributed by atoms with Crippen molar-refractivity contribution in [2.45, 2.75) is 44.2 Å². The molecule has 150 valence electrons. The van der Waals surface area contributed by atoms with E-state index in [-0.39, 0.29) is 11.9 Å². The maximum atomic E-state index is 12.7. The van der Waals surface area contributed by atoms with E-state index in [1.165, 1.54) is 0 Å². The lowest BCUT2D eigenvalue weighted by molar-refractivity contribution is -0.136. The third kappa shape index (κ3) is 3.72. The van der Waals surface area contributed by atoms with E-state index >= 15 is 0 Å². The highest BCUT2D eigenvalue weighted by Crippen LogP contribution is 2.38. The molecule has 0 spiro atoms. The van der Waals surface area contributed by atoms with Crippen molar-refractivity contribution in [2.24, 2.45) is 0 Å². The lowest BCUT2D eigenvalue weighted by atomic mass is 10.3. The average molecular weight is 394 g/mol. The molecule has 1 saturated heterocycles. The Bertz CT molecular complexity index is 997. The van der Waals surface area contributed by atoms with Crippen molar-refractivity contribution < 1.29 is 14.1 Å². The van der Waals surface area contributed by atoms with Crippen LogP contribution in [0.25, 0.3) is 11.6 Å². The second-order valence-electron chi connectivity index (χ2n) is 7.62. The molecule has 2 unspecified atom stereocenters. The van der Waals surface area contributed by atoms with E-state index in [0.717, 1.165) is 25.1 Å². The first kappa shape index (κ1) is 17.8. The summed E-state index contributed by atoms with van der Waals surface area (Å²) >= 11 is 0. The standard InChI is InChI=1S/C20H22N6O3/c1-13(28-16-5-3-2-4-6-16)20(27)25-10-9-15(11-25)26-12-17(22-24-26)19-21-18(23-29-19)14-7-8-14/h2-6,12-15H,7-11H2,1H3. The van der Waals surface area contributed by atoms with Crippen LogP contribution in [0.1, 0.15) is 44.0 Å². The van der Waals surface area contributed by atoms with Crippen molar-refractivity contribution in [3.05, 3.63) is 42.4 Å². The van der Waals surface area contributed by atoms with Gasteiger partial charge in [0.15, 0.2) is 17.6 Å². The van der Waals surface area contributed by atoms with Crippen LogP contribution in [0.3, 0.4) is 0 Å². The number of hydrogen-bond acceptors (Lipinski definition) is 7. The van der Waals surface area contributed by atoms with Gasteiger partial charge in [0.1, 0.15) is 5.75 Å². The van der Waals surface area contributed by atoms with Crippen molar-refractivity contribution in [3.63, 3.8) is 0 Å². The maximum Gasteiger partial charge on any atom is 0.280 e. The summed E-state index contributed by atoms with van der Waals surface area (Å²) in [6, 6.07) is 9.45. The molecular weight excluding hydrogens is 372 g/mol. The zero-order valence-corrected chi connectivity index (χ0v) is 16.1. The monoisotopic (exact) mass is 394 g/mol. The van der Waals surface area contributed by atoms with Gasteiger partial charge in [0.25, 0.3) is 11.8 Å². The Hall–Kier alpha value is -3.23. The number of carbonyl (C=O) groups is 1. The Morgan fingerprint density at radius 1 is 1.24 bits per heavy atom. The summed E-state index contributed by atoms with van der Waals surface area (Å²) in [5.74, 6) is 2.24. The molecule has 9 heteroatoms. The predicted molar refractivity (Wildman–Crippen MR) is 102 cm³/mol. The molecule has 5 rings (SSSR count). The van der Waals surface area contributed by atoms with Gasteiger partial charge in [-0.1, -0.05) is 28.6 Å². The highest BCUT2D eigenvalue weighted by Gasteiger charge is 2.32. The molecule has 2 fully saturated rings. The number of amides is 1. The quantitative estimate of drug-likeness (QED) is 0.633. The number of ether oxygens (including phenoxy) is 1. The van der Waals surface area contributed by atoms with Crippen molar-refractivity contribution in [2.75, 3.05) is 13.1 Å². The molecule has 0 radical (unpaired) electrons. The molecule has 2 aromatic heterocycles. The van der Waals surface area contributed by atoms with E-state index in [9.17, 15) is 4.79 Å². The van der Waals surface area contributed by atoms with Gasteiger partial charge >= 0.3 is 0 Å². The van der Waals surface area contributed by atoms with E-state index in [2.05, 4.69) is 20.5 Å². The lowest BCUT2D eigenvalue weighted by Crippen LogP contribution is -2.39. The summed E-state index contributed by atoms with van der Waals surface area (Å²) in [5.41, 5.74) is 0.565. The molecular formula is C20H22N6O3. The molecule has 29 heavy (non-hydrogen) atoms. The van der Waals surface area contributed by atoms with Crippen LogP contribution < -0.4 is 4.74 Å². The van der Waals surface area contributed by atoms with Crippen LogP contribution in [-0.2, 0) is 4.79 Å².